The first-order valence-electron chi connectivity index (χ1n) is 11.0. The highest BCUT2D eigenvalue weighted by molar-refractivity contribution is 5.94. The Morgan fingerprint density at radius 3 is 2.40 bits per heavy atom. The van der Waals surface area contributed by atoms with Gasteiger partial charge in [0.05, 0.1) is 6.61 Å². The average Bonchev–Trinajstić information content (AvgIpc) is 2.83. The van der Waals surface area contributed by atoms with Crippen molar-refractivity contribution in [2.24, 2.45) is 0 Å². The van der Waals surface area contributed by atoms with Crippen molar-refractivity contribution in [3.05, 3.63) is 48.4 Å². The lowest BCUT2D eigenvalue weighted by molar-refractivity contribution is 0.0746. The number of likely N-dealkylation sites (tertiary alicyclic amines) is 1. The van der Waals surface area contributed by atoms with Crippen molar-refractivity contribution in [3.63, 3.8) is 0 Å². The van der Waals surface area contributed by atoms with Crippen molar-refractivity contribution in [3.8, 4) is 5.75 Å². The summed E-state index contributed by atoms with van der Waals surface area (Å²) in [5, 5.41) is 0. The molecule has 0 radical (unpaired) electrons. The molecule has 2 fully saturated rings. The monoisotopic (exact) mass is 409 g/mol. The normalized spacial score (nSPS) is 17.7. The van der Waals surface area contributed by atoms with Crippen molar-refractivity contribution in [1.82, 2.24) is 19.8 Å². The third kappa shape index (κ3) is 5.48. The topological polar surface area (TPSA) is 61.8 Å². The minimum Gasteiger partial charge on any atom is -0.494 e. The van der Waals surface area contributed by atoms with E-state index in [4.69, 9.17) is 4.74 Å². The van der Waals surface area contributed by atoms with E-state index in [0.29, 0.717) is 18.7 Å². The molecule has 1 aromatic heterocycles. The molecular formula is C23H31N5O2. The molecule has 1 amide bonds. The number of carbonyl (C=O) groups is 1. The summed E-state index contributed by atoms with van der Waals surface area (Å²) in [5.41, 5.74) is 0.714. The van der Waals surface area contributed by atoms with Crippen molar-refractivity contribution < 1.29 is 9.53 Å². The number of nitrogens with zero attached hydrogens (tertiary/aromatic N) is 5. The third-order valence-corrected chi connectivity index (χ3v) is 5.89. The summed E-state index contributed by atoms with van der Waals surface area (Å²) in [7, 11) is 0. The van der Waals surface area contributed by atoms with Crippen LogP contribution < -0.4 is 9.64 Å². The summed E-state index contributed by atoms with van der Waals surface area (Å²) in [4.78, 5) is 27.7. The van der Waals surface area contributed by atoms with E-state index in [1.54, 1.807) is 12.5 Å². The van der Waals surface area contributed by atoms with Gasteiger partial charge in [-0.1, -0.05) is 6.42 Å². The SMILES string of the molecule is O=C(c1ccc(OCCCN2CCCCC2)cc1)N1CCN(c2ccncn2)CC1. The van der Waals surface area contributed by atoms with E-state index in [1.807, 2.05) is 35.2 Å². The molecule has 7 nitrogen and oxygen atoms in total. The highest BCUT2D eigenvalue weighted by atomic mass is 16.5. The maximum atomic E-state index is 12.8. The lowest BCUT2D eigenvalue weighted by Crippen LogP contribution is -2.49. The van der Waals surface area contributed by atoms with E-state index >= 15 is 0 Å². The molecule has 2 aliphatic heterocycles. The van der Waals surface area contributed by atoms with Gasteiger partial charge in [-0.15, -0.1) is 0 Å². The molecular weight excluding hydrogens is 378 g/mol. The number of benzene rings is 1. The number of aromatic nitrogens is 2. The zero-order valence-electron chi connectivity index (χ0n) is 17.6. The molecule has 7 heteroatoms. The minimum atomic E-state index is 0.0778. The Hall–Kier alpha value is -2.67. The van der Waals surface area contributed by atoms with Crippen LogP contribution in [0.25, 0.3) is 0 Å². The summed E-state index contributed by atoms with van der Waals surface area (Å²) in [6.07, 6.45) is 8.37. The van der Waals surface area contributed by atoms with Crippen LogP contribution in [0.1, 0.15) is 36.0 Å². The Bertz CT molecular complexity index is 785. The van der Waals surface area contributed by atoms with E-state index in [0.717, 1.165) is 44.2 Å². The van der Waals surface area contributed by atoms with Gasteiger partial charge in [0.15, 0.2) is 0 Å². The standard InChI is InChI=1S/C23H31N5O2/c29-23(28-16-14-27(15-17-28)22-9-10-24-19-25-22)20-5-7-21(8-6-20)30-18-4-13-26-11-2-1-3-12-26/h5-10,19H,1-4,11-18H2. The zero-order chi connectivity index (χ0) is 20.6. The molecule has 0 spiro atoms. The number of piperidine rings is 1. The van der Waals surface area contributed by atoms with Gasteiger partial charge in [0.25, 0.3) is 5.91 Å². The fourth-order valence-electron chi connectivity index (χ4n) is 4.15. The molecule has 30 heavy (non-hydrogen) atoms. The maximum Gasteiger partial charge on any atom is 0.253 e. The Kier molecular flexibility index (Phi) is 7.13. The van der Waals surface area contributed by atoms with Crippen molar-refractivity contribution in [1.29, 1.82) is 0 Å². The summed E-state index contributed by atoms with van der Waals surface area (Å²) < 4.78 is 5.87. The summed E-state index contributed by atoms with van der Waals surface area (Å²) in [6.45, 7) is 7.22. The van der Waals surface area contributed by atoms with E-state index in [-0.39, 0.29) is 5.91 Å². The molecule has 1 aromatic carbocycles. The molecule has 2 aliphatic rings. The predicted octanol–water partition coefficient (Wildman–Crippen LogP) is 2.69. The summed E-state index contributed by atoms with van der Waals surface area (Å²) in [6, 6.07) is 9.47. The molecule has 0 atom stereocenters. The van der Waals surface area contributed by atoms with Gasteiger partial charge in [-0.3, -0.25) is 4.79 Å². The number of hydrogen-bond donors (Lipinski definition) is 0. The molecule has 2 saturated heterocycles. The van der Waals surface area contributed by atoms with Crippen LogP contribution in [0.3, 0.4) is 0 Å². The van der Waals surface area contributed by atoms with Crippen molar-refractivity contribution in [2.75, 3.05) is 57.3 Å². The average molecular weight is 410 g/mol. The second-order valence-electron chi connectivity index (χ2n) is 7.98. The molecule has 0 bridgehead atoms. The number of amides is 1. The number of rotatable bonds is 7. The third-order valence-electron chi connectivity index (χ3n) is 5.89. The number of ether oxygens (including phenoxy) is 1. The molecule has 160 valence electrons. The second kappa shape index (κ2) is 10.4. The number of piperazine rings is 1. The smallest absolute Gasteiger partial charge is 0.253 e. The molecule has 0 unspecified atom stereocenters. The second-order valence-corrected chi connectivity index (χ2v) is 7.98. The van der Waals surface area contributed by atoms with Crippen LogP contribution >= 0.6 is 0 Å². The lowest BCUT2D eigenvalue weighted by atomic mass is 10.1. The highest BCUT2D eigenvalue weighted by Crippen LogP contribution is 2.17. The van der Waals surface area contributed by atoms with Gasteiger partial charge in [-0.25, -0.2) is 9.97 Å². The Morgan fingerprint density at radius 1 is 0.933 bits per heavy atom. The van der Waals surface area contributed by atoms with Gasteiger partial charge in [-0.2, -0.15) is 0 Å². The number of hydrogen-bond acceptors (Lipinski definition) is 6. The summed E-state index contributed by atoms with van der Waals surface area (Å²) in [5.74, 6) is 1.83. The van der Waals surface area contributed by atoms with Crippen LogP contribution in [-0.2, 0) is 0 Å². The number of anilines is 1. The van der Waals surface area contributed by atoms with Gasteiger partial charge in [0.2, 0.25) is 0 Å². The first-order valence-corrected chi connectivity index (χ1v) is 11.0. The van der Waals surface area contributed by atoms with Gasteiger partial charge < -0.3 is 19.4 Å². The van der Waals surface area contributed by atoms with E-state index in [2.05, 4.69) is 19.8 Å². The molecule has 3 heterocycles. The van der Waals surface area contributed by atoms with Crippen LogP contribution in [0, 0.1) is 0 Å². The van der Waals surface area contributed by atoms with Crippen LogP contribution in [0.2, 0.25) is 0 Å². The van der Waals surface area contributed by atoms with Crippen LogP contribution in [0.5, 0.6) is 5.75 Å². The number of carbonyl (C=O) groups excluding carboxylic acids is 1. The van der Waals surface area contributed by atoms with Crippen molar-refractivity contribution >= 4 is 11.7 Å². The van der Waals surface area contributed by atoms with E-state index in [9.17, 15) is 4.79 Å². The fourth-order valence-corrected chi connectivity index (χ4v) is 4.15. The molecule has 2 aromatic rings. The van der Waals surface area contributed by atoms with Crippen LogP contribution in [0.4, 0.5) is 5.82 Å². The van der Waals surface area contributed by atoms with Crippen LogP contribution in [-0.4, -0.2) is 78.1 Å². The zero-order valence-corrected chi connectivity index (χ0v) is 17.6. The first-order chi connectivity index (χ1) is 14.8. The fraction of sp³-hybridized carbons (Fsp3) is 0.522. The van der Waals surface area contributed by atoms with Gasteiger partial charge in [0, 0.05) is 44.5 Å². The molecule has 0 aliphatic carbocycles. The Morgan fingerprint density at radius 2 is 1.70 bits per heavy atom. The quantitative estimate of drug-likeness (QED) is 0.656. The van der Waals surface area contributed by atoms with E-state index < -0.39 is 0 Å². The lowest BCUT2D eigenvalue weighted by Gasteiger charge is -2.35. The highest BCUT2D eigenvalue weighted by Gasteiger charge is 2.22. The first kappa shape index (κ1) is 20.6. The minimum absolute atomic E-state index is 0.0778. The molecule has 0 N–H and O–H groups in total. The van der Waals surface area contributed by atoms with Gasteiger partial charge in [0.1, 0.15) is 17.9 Å². The maximum absolute atomic E-state index is 12.8. The van der Waals surface area contributed by atoms with Gasteiger partial charge in [-0.05, 0) is 62.7 Å². The predicted molar refractivity (Wildman–Crippen MR) is 117 cm³/mol. The summed E-state index contributed by atoms with van der Waals surface area (Å²) >= 11 is 0. The van der Waals surface area contributed by atoms with Crippen molar-refractivity contribution in [2.45, 2.75) is 25.7 Å². The molecule has 4 rings (SSSR count). The van der Waals surface area contributed by atoms with E-state index in [1.165, 1.54) is 32.4 Å². The Labute approximate surface area is 178 Å². The largest absolute Gasteiger partial charge is 0.494 e. The van der Waals surface area contributed by atoms with Crippen LogP contribution in [0.15, 0.2) is 42.9 Å². The molecule has 0 saturated carbocycles. The van der Waals surface area contributed by atoms with Gasteiger partial charge >= 0.3 is 0 Å². The Balaban J connectivity index is 1.20.